The summed E-state index contributed by atoms with van der Waals surface area (Å²) in [6.07, 6.45) is 0.691. The van der Waals surface area contributed by atoms with Crippen LogP contribution in [0.1, 0.15) is 18.1 Å². The largest absolute Gasteiger partial charge is 0.483 e. The van der Waals surface area contributed by atoms with Crippen LogP contribution >= 0.6 is 15.9 Å². The summed E-state index contributed by atoms with van der Waals surface area (Å²) in [5.41, 5.74) is 1.47. The molecule has 0 aliphatic carbocycles. The van der Waals surface area contributed by atoms with Gasteiger partial charge in [0.1, 0.15) is 11.6 Å². The molecule has 0 aromatic heterocycles. The van der Waals surface area contributed by atoms with Gasteiger partial charge in [-0.25, -0.2) is 12.8 Å². The van der Waals surface area contributed by atoms with E-state index < -0.39 is 15.9 Å². The summed E-state index contributed by atoms with van der Waals surface area (Å²) in [6.45, 7) is 4.34. The maximum absolute atomic E-state index is 13.1. The minimum atomic E-state index is -3.67. The molecule has 1 N–H and O–H groups in total. The highest BCUT2D eigenvalue weighted by Crippen LogP contribution is 2.24. The fourth-order valence-electron chi connectivity index (χ4n) is 3.86. The van der Waals surface area contributed by atoms with E-state index in [0.29, 0.717) is 42.0 Å². The molecule has 11 heteroatoms. The lowest BCUT2D eigenvalue weighted by atomic mass is 10.1. The third kappa shape index (κ3) is 7.78. The Hall–Kier alpha value is -2.50. The number of sulfonamides is 1. The van der Waals surface area contributed by atoms with Crippen LogP contribution in [0.3, 0.4) is 0 Å². The Labute approximate surface area is 207 Å². The van der Waals surface area contributed by atoms with Crippen LogP contribution < -0.4 is 9.46 Å². The van der Waals surface area contributed by atoms with Gasteiger partial charge in [-0.15, -0.1) is 0 Å². The van der Waals surface area contributed by atoms with E-state index in [2.05, 4.69) is 20.8 Å². The number of benzene rings is 2. The van der Waals surface area contributed by atoms with Crippen LogP contribution in [0.4, 0.5) is 4.39 Å². The minimum absolute atomic E-state index is 0.0322. The molecule has 0 bridgehead atoms. The van der Waals surface area contributed by atoms with E-state index in [1.54, 1.807) is 35.2 Å². The molecule has 34 heavy (non-hydrogen) atoms. The van der Waals surface area contributed by atoms with E-state index in [9.17, 15) is 22.4 Å². The summed E-state index contributed by atoms with van der Waals surface area (Å²) in [6, 6.07) is 11.4. The first-order chi connectivity index (χ1) is 16.0. The number of rotatable bonds is 8. The molecule has 0 spiro atoms. The summed E-state index contributed by atoms with van der Waals surface area (Å²) in [7, 11) is -3.67. The molecule has 184 valence electrons. The van der Waals surface area contributed by atoms with Gasteiger partial charge in [-0.2, -0.15) is 0 Å². The fourth-order valence-corrected chi connectivity index (χ4v) is 4.75. The van der Waals surface area contributed by atoms with Gasteiger partial charge in [0.15, 0.2) is 6.61 Å². The summed E-state index contributed by atoms with van der Waals surface area (Å²) in [4.78, 5) is 28.9. The summed E-state index contributed by atoms with van der Waals surface area (Å²) in [5.74, 6) is -0.800. The lowest BCUT2D eigenvalue weighted by Gasteiger charge is -2.39. The van der Waals surface area contributed by atoms with E-state index in [0.717, 1.165) is 11.8 Å². The number of nitrogens with one attached hydrogen (secondary N) is 1. The zero-order valence-corrected chi connectivity index (χ0v) is 21.4. The van der Waals surface area contributed by atoms with Crippen molar-refractivity contribution >= 4 is 37.8 Å². The highest BCUT2D eigenvalue weighted by atomic mass is 79.9. The number of carbonyl (C=O) groups is 2. The average Bonchev–Trinajstić information content (AvgIpc) is 2.73. The Balaban J connectivity index is 1.56. The molecule has 0 unspecified atom stereocenters. The van der Waals surface area contributed by atoms with Crippen molar-refractivity contribution in [1.29, 1.82) is 0 Å². The Morgan fingerprint density at radius 1 is 1.18 bits per heavy atom. The SMILES string of the molecule is C[C@@H]1CN(Cc2ccc(F)cc2)CCN1C(=O)COc1ccc(Br)cc1CC(=O)NS(C)(=O)=O. The number of ether oxygens (including phenoxy) is 1. The van der Waals surface area contributed by atoms with Gasteiger partial charge in [0.05, 0.1) is 12.7 Å². The van der Waals surface area contributed by atoms with Crippen LogP contribution in [0.25, 0.3) is 0 Å². The number of amides is 2. The molecule has 8 nitrogen and oxygen atoms in total. The van der Waals surface area contributed by atoms with E-state index in [4.69, 9.17) is 4.74 Å². The molecule has 1 atom stereocenters. The first-order valence-electron chi connectivity index (χ1n) is 10.7. The summed E-state index contributed by atoms with van der Waals surface area (Å²) < 4.78 is 44.1. The van der Waals surface area contributed by atoms with Gasteiger partial charge in [-0.3, -0.25) is 19.2 Å². The second kappa shape index (κ2) is 11.3. The molecule has 1 aliphatic rings. The van der Waals surface area contributed by atoms with Crippen molar-refractivity contribution in [3.63, 3.8) is 0 Å². The first-order valence-corrected chi connectivity index (χ1v) is 13.4. The van der Waals surface area contributed by atoms with Gasteiger partial charge in [-0.05, 0) is 42.8 Å². The Bertz CT molecular complexity index is 1140. The molecule has 2 amide bonds. The molecule has 1 fully saturated rings. The maximum Gasteiger partial charge on any atom is 0.260 e. The minimum Gasteiger partial charge on any atom is -0.483 e. The van der Waals surface area contributed by atoms with Crippen LogP contribution in [0, 0.1) is 5.82 Å². The van der Waals surface area contributed by atoms with E-state index in [1.165, 1.54) is 12.1 Å². The second-order valence-corrected chi connectivity index (χ2v) is 11.0. The monoisotopic (exact) mass is 555 g/mol. The second-order valence-electron chi connectivity index (χ2n) is 8.31. The first kappa shape index (κ1) is 26.1. The van der Waals surface area contributed by atoms with Crippen LogP contribution in [0.2, 0.25) is 0 Å². The molecule has 2 aromatic rings. The van der Waals surface area contributed by atoms with Crippen molar-refractivity contribution < 1.29 is 27.1 Å². The van der Waals surface area contributed by atoms with Gasteiger partial charge in [0, 0.05) is 42.3 Å². The van der Waals surface area contributed by atoms with Crippen LogP contribution in [0.15, 0.2) is 46.9 Å². The normalized spacial score (nSPS) is 16.8. The molecule has 3 rings (SSSR count). The predicted octanol–water partition coefficient (Wildman–Crippen LogP) is 2.32. The standard InChI is InChI=1S/C23H27BrFN3O5S/c1-16-13-27(14-17-3-6-20(25)7-4-17)9-10-28(16)23(30)15-33-21-8-5-19(24)11-18(21)12-22(29)26-34(2,31)32/h3-8,11,16H,9-10,12-15H2,1-2H3,(H,26,29)/t16-/m1/s1. The number of piperazine rings is 1. The van der Waals surface area contributed by atoms with Gasteiger partial charge >= 0.3 is 0 Å². The number of nitrogens with zero attached hydrogens (tertiary/aromatic N) is 2. The van der Waals surface area contributed by atoms with Gasteiger partial charge in [0.25, 0.3) is 5.91 Å². The Morgan fingerprint density at radius 2 is 1.88 bits per heavy atom. The quantitative estimate of drug-likeness (QED) is 0.537. The Kier molecular flexibility index (Phi) is 8.67. The molecule has 2 aromatic carbocycles. The molecular weight excluding hydrogens is 529 g/mol. The molecule has 0 radical (unpaired) electrons. The summed E-state index contributed by atoms with van der Waals surface area (Å²) >= 11 is 3.33. The number of carbonyl (C=O) groups excluding carboxylic acids is 2. The molecule has 1 aliphatic heterocycles. The number of halogens is 2. The highest BCUT2D eigenvalue weighted by molar-refractivity contribution is 9.10. The van der Waals surface area contributed by atoms with Crippen LogP contribution in [-0.4, -0.2) is 68.6 Å². The van der Waals surface area contributed by atoms with Gasteiger partial charge in [0.2, 0.25) is 15.9 Å². The van der Waals surface area contributed by atoms with E-state index in [-0.39, 0.29) is 30.8 Å². The van der Waals surface area contributed by atoms with E-state index >= 15 is 0 Å². The van der Waals surface area contributed by atoms with Crippen molar-refractivity contribution in [3.8, 4) is 5.75 Å². The molecule has 1 heterocycles. The topological polar surface area (TPSA) is 96.0 Å². The maximum atomic E-state index is 13.1. The van der Waals surface area contributed by atoms with Crippen molar-refractivity contribution in [2.45, 2.75) is 25.9 Å². The third-order valence-corrected chi connectivity index (χ3v) is 6.47. The fraction of sp³-hybridized carbons (Fsp3) is 0.391. The van der Waals surface area contributed by atoms with Gasteiger partial charge in [-0.1, -0.05) is 28.1 Å². The summed E-state index contributed by atoms with van der Waals surface area (Å²) in [5, 5.41) is 0. The lowest BCUT2D eigenvalue weighted by molar-refractivity contribution is -0.138. The molecule has 1 saturated heterocycles. The van der Waals surface area contributed by atoms with Crippen LogP contribution in [-0.2, 0) is 32.6 Å². The third-order valence-electron chi connectivity index (χ3n) is 5.38. The van der Waals surface area contributed by atoms with Crippen molar-refractivity contribution in [2.75, 3.05) is 32.5 Å². The lowest BCUT2D eigenvalue weighted by Crippen LogP contribution is -2.54. The van der Waals surface area contributed by atoms with Crippen molar-refractivity contribution in [2.24, 2.45) is 0 Å². The molecule has 0 saturated carbocycles. The number of hydrogen-bond donors (Lipinski definition) is 1. The van der Waals surface area contributed by atoms with Crippen molar-refractivity contribution in [3.05, 3.63) is 63.9 Å². The Morgan fingerprint density at radius 3 is 2.53 bits per heavy atom. The zero-order chi connectivity index (χ0) is 24.9. The zero-order valence-electron chi connectivity index (χ0n) is 19.0. The van der Waals surface area contributed by atoms with Crippen LogP contribution in [0.5, 0.6) is 5.75 Å². The smallest absolute Gasteiger partial charge is 0.260 e. The average molecular weight is 556 g/mol. The van der Waals surface area contributed by atoms with Crippen molar-refractivity contribution in [1.82, 2.24) is 14.5 Å². The van der Waals surface area contributed by atoms with Gasteiger partial charge < -0.3 is 9.64 Å². The predicted molar refractivity (Wildman–Crippen MR) is 129 cm³/mol. The molecular formula is C23H27BrFN3O5S. The van der Waals surface area contributed by atoms with E-state index in [1.807, 2.05) is 11.6 Å². The highest BCUT2D eigenvalue weighted by Gasteiger charge is 2.28. The number of hydrogen-bond acceptors (Lipinski definition) is 6.